The third-order valence-electron chi connectivity index (χ3n) is 4.00. The third kappa shape index (κ3) is 3.57. The molecule has 0 aliphatic carbocycles. The van der Waals surface area contributed by atoms with E-state index in [1.165, 1.54) is 24.3 Å². The largest absolute Gasteiger partial charge is 0.478 e. The van der Waals surface area contributed by atoms with Crippen molar-refractivity contribution in [1.82, 2.24) is 4.98 Å². The number of hydrogen-bond donors (Lipinski definition) is 2. The number of nitrogens with zero attached hydrogens (tertiary/aromatic N) is 2. The summed E-state index contributed by atoms with van der Waals surface area (Å²) in [4.78, 5) is 25.7. The van der Waals surface area contributed by atoms with Gasteiger partial charge in [0, 0.05) is 29.2 Å². The lowest BCUT2D eigenvalue weighted by molar-refractivity contribution is -0.384. The van der Waals surface area contributed by atoms with Crippen LogP contribution in [-0.4, -0.2) is 21.0 Å². The van der Waals surface area contributed by atoms with Gasteiger partial charge in [-0.1, -0.05) is 23.7 Å². The average Bonchev–Trinajstić information content (AvgIpc) is 2.61. The van der Waals surface area contributed by atoms with Gasteiger partial charge in [0.25, 0.3) is 5.69 Å². The molecule has 2 aromatic carbocycles. The zero-order chi connectivity index (χ0) is 18.8. The lowest BCUT2D eigenvalue weighted by atomic mass is 10.1. The number of aromatic nitrogens is 1. The van der Waals surface area contributed by atoms with Gasteiger partial charge in [0.05, 0.1) is 16.0 Å². The molecule has 8 heteroatoms. The normalized spacial score (nSPS) is 11.9. The number of carbonyl (C=O) groups is 1. The maximum Gasteiger partial charge on any atom is 0.335 e. The summed E-state index contributed by atoms with van der Waals surface area (Å²) in [5.74, 6) is -1.03. The predicted molar refractivity (Wildman–Crippen MR) is 98.8 cm³/mol. The van der Waals surface area contributed by atoms with Crippen molar-refractivity contribution in [3.63, 3.8) is 0 Å². The highest BCUT2D eigenvalue weighted by molar-refractivity contribution is 6.30. The number of rotatable bonds is 5. The van der Waals surface area contributed by atoms with E-state index in [2.05, 4.69) is 10.3 Å². The van der Waals surface area contributed by atoms with Crippen molar-refractivity contribution < 1.29 is 14.8 Å². The van der Waals surface area contributed by atoms with Crippen LogP contribution in [0.1, 0.15) is 28.9 Å². The minimum absolute atomic E-state index is 0.0180. The van der Waals surface area contributed by atoms with Gasteiger partial charge in [-0.2, -0.15) is 0 Å². The summed E-state index contributed by atoms with van der Waals surface area (Å²) in [5, 5.41) is 24.1. The summed E-state index contributed by atoms with van der Waals surface area (Å²) in [6.07, 6.45) is 0. The SMILES string of the molecule is CC(Nc1cc(Cl)nc2ccc(C(=O)O)cc12)c1ccc([N+](=O)[O-])cc1. The van der Waals surface area contributed by atoms with Crippen LogP contribution in [-0.2, 0) is 0 Å². The van der Waals surface area contributed by atoms with Gasteiger partial charge in [-0.15, -0.1) is 0 Å². The van der Waals surface area contributed by atoms with E-state index in [4.69, 9.17) is 11.6 Å². The fourth-order valence-corrected chi connectivity index (χ4v) is 2.85. The van der Waals surface area contributed by atoms with Crippen LogP contribution in [0.2, 0.25) is 5.15 Å². The smallest absolute Gasteiger partial charge is 0.335 e. The minimum atomic E-state index is -1.03. The topological polar surface area (TPSA) is 105 Å². The summed E-state index contributed by atoms with van der Waals surface area (Å²) < 4.78 is 0. The summed E-state index contributed by atoms with van der Waals surface area (Å²) in [5.41, 5.74) is 2.21. The second-order valence-corrected chi connectivity index (χ2v) is 6.13. The van der Waals surface area contributed by atoms with Crippen molar-refractivity contribution >= 4 is 39.8 Å². The second kappa shape index (κ2) is 6.97. The monoisotopic (exact) mass is 371 g/mol. The minimum Gasteiger partial charge on any atom is -0.478 e. The maximum absolute atomic E-state index is 11.2. The van der Waals surface area contributed by atoms with Gasteiger partial charge in [0.1, 0.15) is 5.15 Å². The number of nitro benzene ring substituents is 1. The number of anilines is 1. The van der Waals surface area contributed by atoms with E-state index in [1.54, 1.807) is 24.3 Å². The first-order valence-electron chi connectivity index (χ1n) is 7.69. The highest BCUT2D eigenvalue weighted by Gasteiger charge is 2.13. The number of nitro groups is 1. The standard InChI is InChI=1S/C18H14ClN3O4/c1-10(11-2-5-13(6-3-11)22(25)26)20-16-9-17(19)21-15-7-4-12(18(23)24)8-14(15)16/h2-10H,1H3,(H,20,21)(H,23,24). The molecule has 0 saturated carbocycles. The number of pyridine rings is 1. The van der Waals surface area contributed by atoms with E-state index in [-0.39, 0.29) is 22.4 Å². The number of fused-ring (bicyclic) bond motifs is 1. The average molecular weight is 372 g/mol. The van der Waals surface area contributed by atoms with E-state index >= 15 is 0 Å². The number of aromatic carboxylic acids is 1. The Balaban J connectivity index is 1.97. The van der Waals surface area contributed by atoms with Gasteiger partial charge in [0.2, 0.25) is 0 Å². The molecule has 1 aromatic heterocycles. The van der Waals surface area contributed by atoms with Crippen molar-refractivity contribution in [2.75, 3.05) is 5.32 Å². The van der Waals surface area contributed by atoms with Crippen LogP contribution in [0.3, 0.4) is 0 Å². The highest BCUT2D eigenvalue weighted by atomic mass is 35.5. The van der Waals surface area contributed by atoms with Crippen LogP contribution in [0.4, 0.5) is 11.4 Å². The number of halogens is 1. The number of hydrogen-bond acceptors (Lipinski definition) is 5. The summed E-state index contributed by atoms with van der Waals surface area (Å²) in [7, 11) is 0. The van der Waals surface area contributed by atoms with E-state index in [0.717, 1.165) is 5.56 Å². The molecule has 7 nitrogen and oxygen atoms in total. The number of nitrogens with one attached hydrogen (secondary N) is 1. The molecule has 0 bridgehead atoms. The fraction of sp³-hybridized carbons (Fsp3) is 0.111. The van der Waals surface area contributed by atoms with Gasteiger partial charge in [0.15, 0.2) is 0 Å². The first kappa shape index (κ1) is 17.6. The Morgan fingerprint density at radius 2 is 1.92 bits per heavy atom. The molecular formula is C18H14ClN3O4. The van der Waals surface area contributed by atoms with Crippen LogP contribution in [0.15, 0.2) is 48.5 Å². The maximum atomic E-state index is 11.2. The molecule has 0 saturated heterocycles. The van der Waals surface area contributed by atoms with Crippen LogP contribution in [0, 0.1) is 10.1 Å². The molecule has 0 aliphatic heterocycles. The molecule has 0 fully saturated rings. The molecular weight excluding hydrogens is 358 g/mol. The molecule has 3 rings (SSSR count). The van der Waals surface area contributed by atoms with Gasteiger partial charge in [-0.25, -0.2) is 9.78 Å². The van der Waals surface area contributed by atoms with E-state index in [0.29, 0.717) is 16.6 Å². The van der Waals surface area contributed by atoms with E-state index in [9.17, 15) is 20.0 Å². The van der Waals surface area contributed by atoms with Crippen LogP contribution < -0.4 is 5.32 Å². The molecule has 0 aliphatic rings. The Hall–Kier alpha value is -3.19. The van der Waals surface area contributed by atoms with E-state index in [1.807, 2.05) is 6.92 Å². The quantitative estimate of drug-likeness (QED) is 0.383. The Bertz CT molecular complexity index is 1010. The number of carboxylic acid groups (broad SMARTS) is 1. The Morgan fingerprint density at radius 1 is 1.23 bits per heavy atom. The Labute approximate surface area is 153 Å². The number of non-ortho nitro benzene ring substituents is 1. The van der Waals surface area contributed by atoms with Crippen molar-refractivity contribution in [3.8, 4) is 0 Å². The molecule has 0 spiro atoms. The molecule has 1 atom stereocenters. The van der Waals surface area contributed by atoms with Gasteiger partial charge in [-0.05, 0) is 36.8 Å². The van der Waals surface area contributed by atoms with Gasteiger partial charge in [-0.3, -0.25) is 10.1 Å². The van der Waals surface area contributed by atoms with Crippen LogP contribution in [0.25, 0.3) is 10.9 Å². The fourth-order valence-electron chi connectivity index (χ4n) is 2.65. The molecule has 1 heterocycles. The summed E-state index contributed by atoms with van der Waals surface area (Å²) in [6.45, 7) is 1.89. The molecule has 132 valence electrons. The highest BCUT2D eigenvalue weighted by Crippen LogP contribution is 2.30. The number of carboxylic acids is 1. The molecule has 2 N–H and O–H groups in total. The third-order valence-corrected chi connectivity index (χ3v) is 4.19. The van der Waals surface area contributed by atoms with E-state index < -0.39 is 10.9 Å². The first-order valence-corrected chi connectivity index (χ1v) is 8.07. The van der Waals surface area contributed by atoms with Crippen molar-refractivity contribution in [2.45, 2.75) is 13.0 Å². The Morgan fingerprint density at radius 3 is 2.54 bits per heavy atom. The van der Waals surface area contributed by atoms with Crippen LogP contribution in [0.5, 0.6) is 0 Å². The second-order valence-electron chi connectivity index (χ2n) is 5.74. The first-order chi connectivity index (χ1) is 12.3. The van der Waals surface area contributed by atoms with Crippen molar-refractivity contribution in [3.05, 3.63) is 74.9 Å². The van der Waals surface area contributed by atoms with Crippen LogP contribution >= 0.6 is 11.6 Å². The molecule has 26 heavy (non-hydrogen) atoms. The van der Waals surface area contributed by atoms with Crippen molar-refractivity contribution in [2.24, 2.45) is 0 Å². The lowest BCUT2D eigenvalue weighted by Gasteiger charge is -2.17. The number of benzene rings is 2. The zero-order valence-corrected chi connectivity index (χ0v) is 14.4. The van der Waals surface area contributed by atoms with Gasteiger partial charge >= 0.3 is 5.97 Å². The van der Waals surface area contributed by atoms with Gasteiger partial charge < -0.3 is 10.4 Å². The molecule has 0 amide bonds. The molecule has 1 unspecified atom stereocenters. The van der Waals surface area contributed by atoms with Crippen molar-refractivity contribution in [1.29, 1.82) is 0 Å². The lowest BCUT2D eigenvalue weighted by Crippen LogP contribution is -2.08. The molecule has 3 aromatic rings. The summed E-state index contributed by atoms with van der Waals surface area (Å²) in [6, 6.07) is 12.3. The summed E-state index contributed by atoms with van der Waals surface area (Å²) >= 11 is 6.07. The predicted octanol–water partition coefficient (Wildman–Crippen LogP) is 4.67. The Kier molecular flexibility index (Phi) is 4.73. The molecule has 0 radical (unpaired) electrons. The zero-order valence-electron chi connectivity index (χ0n) is 13.6.